The maximum Gasteiger partial charge on any atom is 0.254 e. The van der Waals surface area contributed by atoms with Crippen molar-refractivity contribution in [3.8, 4) is 0 Å². The molecule has 1 aliphatic rings. The lowest BCUT2D eigenvalue weighted by Crippen LogP contribution is -2.46. The summed E-state index contributed by atoms with van der Waals surface area (Å²) in [5.41, 5.74) is 2.56. The molecule has 0 spiro atoms. The Kier molecular flexibility index (Phi) is 3.90. The van der Waals surface area contributed by atoms with Gasteiger partial charge in [-0.15, -0.1) is 0 Å². The normalized spacial score (nSPS) is 16.8. The van der Waals surface area contributed by atoms with Crippen LogP contribution in [0.1, 0.15) is 27.7 Å². The molecule has 0 saturated heterocycles. The Labute approximate surface area is 135 Å². The first kappa shape index (κ1) is 15.3. The Morgan fingerprint density at radius 3 is 2.74 bits per heavy atom. The van der Waals surface area contributed by atoms with Gasteiger partial charge in [0.15, 0.2) is 0 Å². The number of likely N-dealkylation sites (N-methyl/N-ethyl adjacent to an activating group) is 1. The number of aromatic nitrogens is 2. The largest absolute Gasteiger partial charge is 0.347 e. The molecule has 1 aromatic carbocycles. The first-order chi connectivity index (χ1) is 11.0. The highest BCUT2D eigenvalue weighted by Crippen LogP contribution is 2.23. The topological polar surface area (TPSA) is 58.4 Å². The predicted molar refractivity (Wildman–Crippen MR) is 85.9 cm³/mol. The molecular weight excluding hydrogens is 292 g/mol. The lowest BCUT2D eigenvalue weighted by atomic mass is 10.1. The summed E-state index contributed by atoms with van der Waals surface area (Å²) in [6, 6.07) is 8.89. The van der Waals surface area contributed by atoms with Crippen molar-refractivity contribution < 1.29 is 9.59 Å². The molecule has 23 heavy (non-hydrogen) atoms. The number of nitrogens with zero attached hydrogens (tertiary/aromatic N) is 4. The van der Waals surface area contributed by atoms with E-state index in [1.807, 2.05) is 37.3 Å². The van der Waals surface area contributed by atoms with Gasteiger partial charge in [-0.1, -0.05) is 17.7 Å². The molecule has 2 aromatic rings. The van der Waals surface area contributed by atoms with Crippen molar-refractivity contribution >= 4 is 11.8 Å². The second kappa shape index (κ2) is 5.87. The molecule has 0 bridgehead atoms. The molecule has 0 saturated carbocycles. The summed E-state index contributed by atoms with van der Waals surface area (Å²) >= 11 is 0. The average Bonchev–Trinajstić information content (AvgIpc) is 3.00. The van der Waals surface area contributed by atoms with Gasteiger partial charge in [-0.05, 0) is 25.1 Å². The van der Waals surface area contributed by atoms with E-state index in [4.69, 9.17) is 0 Å². The fraction of sp³-hybridized carbons (Fsp3) is 0.353. The van der Waals surface area contributed by atoms with E-state index in [9.17, 15) is 9.59 Å². The molecule has 6 heteroatoms. The van der Waals surface area contributed by atoms with Crippen molar-refractivity contribution in [2.24, 2.45) is 0 Å². The van der Waals surface area contributed by atoms with Gasteiger partial charge in [0.05, 0.1) is 18.8 Å². The van der Waals surface area contributed by atoms with Gasteiger partial charge in [-0.3, -0.25) is 14.3 Å². The number of carbonyl (C=O) groups excluding carboxylic acids is 2. The number of carbonyl (C=O) groups is 2. The molecule has 0 aliphatic carbocycles. The van der Waals surface area contributed by atoms with Gasteiger partial charge in [0.25, 0.3) is 5.91 Å². The monoisotopic (exact) mass is 312 g/mol. The number of amides is 2. The van der Waals surface area contributed by atoms with Gasteiger partial charge in [-0.2, -0.15) is 5.10 Å². The highest BCUT2D eigenvalue weighted by molar-refractivity contribution is 5.95. The van der Waals surface area contributed by atoms with Crippen LogP contribution in [0.15, 0.2) is 36.5 Å². The van der Waals surface area contributed by atoms with E-state index in [1.165, 1.54) is 4.90 Å². The number of hydrogen-bond acceptors (Lipinski definition) is 3. The van der Waals surface area contributed by atoms with Gasteiger partial charge in [-0.25, -0.2) is 0 Å². The van der Waals surface area contributed by atoms with E-state index in [0.29, 0.717) is 18.7 Å². The van der Waals surface area contributed by atoms with Crippen LogP contribution in [0.4, 0.5) is 0 Å². The maximum absolute atomic E-state index is 12.8. The highest BCUT2D eigenvalue weighted by atomic mass is 16.2. The van der Waals surface area contributed by atoms with Gasteiger partial charge < -0.3 is 9.80 Å². The minimum atomic E-state index is -0.475. The third kappa shape index (κ3) is 2.84. The van der Waals surface area contributed by atoms with Crippen LogP contribution in [0.2, 0.25) is 0 Å². The van der Waals surface area contributed by atoms with Crippen LogP contribution < -0.4 is 0 Å². The number of fused-ring (bicyclic) bond motifs is 1. The van der Waals surface area contributed by atoms with Gasteiger partial charge >= 0.3 is 0 Å². The molecule has 2 heterocycles. The summed E-state index contributed by atoms with van der Waals surface area (Å²) in [5.74, 6) is -0.116. The summed E-state index contributed by atoms with van der Waals surface area (Å²) in [6.45, 7) is 2.75. The van der Waals surface area contributed by atoms with E-state index in [0.717, 1.165) is 11.3 Å². The van der Waals surface area contributed by atoms with E-state index in [-0.39, 0.29) is 11.8 Å². The quantitative estimate of drug-likeness (QED) is 0.844. The van der Waals surface area contributed by atoms with E-state index < -0.39 is 6.04 Å². The van der Waals surface area contributed by atoms with E-state index >= 15 is 0 Å². The maximum atomic E-state index is 12.8. The van der Waals surface area contributed by atoms with Crippen LogP contribution in [-0.2, 0) is 11.3 Å². The summed E-state index contributed by atoms with van der Waals surface area (Å²) in [5, 5.41) is 4.25. The Balaban J connectivity index is 1.91. The summed E-state index contributed by atoms with van der Waals surface area (Å²) < 4.78 is 1.72. The predicted octanol–water partition coefficient (Wildman–Crippen LogP) is 1.48. The molecule has 0 unspecified atom stereocenters. The summed E-state index contributed by atoms with van der Waals surface area (Å²) in [4.78, 5) is 28.5. The SMILES string of the molecule is Cc1cccc(C(=O)N2Cc3ccnn3[C@@H](C(=O)N(C)C)C2)c1. The number of hydrogen-bond donors (Lipinski definition) is 0. The van der Waals surface area contributed by atoms with Crippen LogP contribution in [0, 0.1) is 6.92 Å². The molecule has 6 nitrogen and oxygen atoms in total. The van der Waals surface area contributed by atoms with Crippen molar-refractivity contribution in [3.63, 3.8) is 0 Å². The van der Waals surface area contributed by atoms with Crippen molar-refractivity contribution in [2.75, 3.05) is 20.6 Å². The first-order valence-corrected chi connectivity index (χ1v) is 7.57. The van der Waals surface area contributed by atoms with Crippen molar-refractivity contribution in [1.82, 2.24) is 19.6 Å². The molecule has 1 aromatic heterocycles. The summed E-state index contributed by atoms with van der Waals surface area (Å²) in [7, 11) is 3.43. The standard InChI is InChI=1S/C17H20N4O2/c1-12-5-4-6-13(9-12)16(22)20-10-14-7-8-18-21(14)15(11-20)17(23)19(2)3/h4-9,15H,10-11H2,1-3H3/t15-/m1/s1. The third-order valence-electron chi connectivity index (χ3n) is 4.07. The average molecular weight is 312 g/mol. The van der Waals surface area contributed by atoms with E-state index in [1.54, 1.807) is 29.9 Å². The first-order valence-electron chi connectivity index (χ1n) is 7.57. The molecule has 1 atom stereocenters. The van der Waals surface area contributed by atoms with Crippen LogP contribution >= 0.6 is 0 Å². The molecule has 120 valence electrons. The fourth-order valence-electron chi connectivity index (χ4n) is 2.89. The molecule has 2 amide bonds. The number of rotatable bonds is 2. The van der Waals surface area contributed by atoms with Gasteiger partial charge in [0.1, 0.15) is 6.04 Å². The fourth-order valence-corrected chi connectivity index (χ4v) is 2.89. The summed E-state index contributed by atoms with van der Waals surface area (Å²) in [6.07, 6.45) is 1.67. The zero-order chi connectivity index (χ0) is 16.6. The zero-order valence-electron chi connectivity index (χ0n) is 13.6. The number of aryl methyl sites for hydroxylation is 1. The third-order valence-corrected chi connectivity index (χ3v) is 4.07. The van der Waals surface area contributed by atoms with Crippen LogP contribution in [-0.4, -0.2) is 52.0 Å². The Morgan fingerprint density at radius 1 is 1.26 bits per heavy atom. The lowest BCUT2D eigenvalue weighted by Gasteiger charge is -2.34. The van der Waals surface area contributed by atoms with Crippen molar-refractivity contribution in [2.45, 2.75) is 19.5 Å². The minimum absolute atomic E-state index is 0.0577. The molecule has 0 fully saturated rings. The van der Waals surface area contributed by atoms with Crippen molar-refractivity contribution in [3.05, 3.63) is 53.3 Å². The Hall–Kier alpha value is -2.63. The second-order valence-corrected chi connectivity index (χ2v) is 6.07. The van der Waals surface area contributed by atoms with Crippen LogP contribution in [0.25, 0.3) is 0 Å². The molecule has 1 aliphatic heterocycles. The lowest BCUT2D eigenvalue weighted by molar-refractivity contribution is -0.133. The molecule has 3 rings (SSSR count). The Bertz CT molecular complexity index is 751. The van der Waals surface area contributed by atoms with Crippen LogP contribution in [0.3, 0.4) is 0 Å². The van der Waals surface area contributed by atoms with Crippen molar-refractivity contribution in [1.29, 1.82) is 0 Å². The molecular formula is C17H20N4O2. The van der Waals surface area contributed by atoms with Gasteiger partial charge in [0, 0.05) is 25.9 Å². The molecule has 0 radical (unpaired) electrons. The van der Waals surface area contributed by atoms with Crippen LogP contribution in [0.5, 0.6) is 0 Å². The zero-order valence-corrected chi connectivity index (χ0v) is 13.6. The molecule has 0 N–H and O–H groups in total. The number of benzene rings is 1. The van der Waals surface area contributed by atoms with E-state index in [2.05, 4.69) is 5.10 Å². The Morgan fingerprint density at radius 2 is 2.04 bits per heavy atom. The smallest absolute Gasteiger partial charge is 0.254 e. The highest BCUT2D eigenvalue weighted by Gasteiger charge is 2.34. The second-order valence-electron chi connectivity index (χ2n) is 6.07. The minimum Gasteiger partial charge on any atom is -0.347 e. The van der Waals surface area contributed by atoms with Gasteiger partial charge in [0.2, 0.25) is 5.91 Å².